The van der Waals surface area contributed by atoms with Crippen molar-refractivity contribution in [3.63, 3.8) is 0 Å². The first-order chi connectivity index (χ1) is 10.0. The van der Waals surface area contributed by atoms with Gasteiger partial charge in [-0.3, -0.25) is 9.36 Å². The van der Waals surface area contributed by atoms with Crippen molar-refractivity contribution < 1.29 is 0 Å². The smallest absolute Gasteiger partial charge is 0.119 e. The van der Waals surface area contributed by atoms with Crippen LogP contribution in [0.3, 0.4) is 0 Å². The van der Waals surface area contributed by atoms with E-state index >= 15 is 0 Å². The molecule has 108 valence electrons. The van der Waals surface area contributed by atoms with Crippen LogP contribution in [0.25, 0.3) is 11.3 Å². The summed E-state index contributed by atoms with van der Waals surface area (Å²) in [6.07, 6.45) is 3.80. The lowest BCUT2D eigenvalue weighted by Gasteiger charge is -2.04. The number of nitrogen functional groups attached to an aromatic ring is 1. The van der Waals surface area contributed by atoms with Crippen LogP contribution in [0, 0.1) is 6.92 Å². The number of aryl methyl sites for hydroxylation is 2. The second-order valence-corrected chi connectivity index (χ2v) is 5.88. The molecule has 3 rings (SSSR count). The van der Waals surface area contributed by atoms with Crippen LogP contribution < -0.4 is 5.73 Å². The molecule has 0 amide bonds. The minimum Gasteiger partial charge on any atom is -0.396 e. The average molecular weight is 346 g/mol. The third-order valence-electron chi connectivity index (χ3n) is 3.35. The summed E-state index contributed by atoms with van der Waals surface area (Å²) in [5.74, 6) is 0. The first-order valence-corrected chi connectivity index (χ1v) is 7.41. The van der Waals surface area contributed by atoms with Crippen molar-refractivity contribution in [3.05, 3.63) is 52.4 Å². The number of hydrogen-bond acceptors (Lipinski definition) is 3. The normalized spacial score (nSPS) is 11.0. The lowest BCUT2D eigenvalue weighted by atomic mass is 10.2. The van der Waals surface area contributed by atoms with E-state index in [-0.39, 0.29) is 0 Å². The molecule has 0 atom stereocenters. The van der Waals surface area contributed by atoms with E-state index in [1.807, 2.05) is 49.2 Å². The highest BCUT2D eigenvalue weighted by molar-refractivity contribution is 9.10. The molecule has 3 aromatic rings. The van der Waals surface area contributed by atoms with Gasteiger partial charge in [-0.25, -0.2) is 0 Å². The topological polar surface area (TPSA) is 61.7 Å². The number of nitrogens with two attached hydrogens (primary N) is 1. The van der Waals surface area contributed by atoms with Gasteiger partial charge in [0.25, 0.3) is 0 Å². The highest BCUT2D eigenvalue weighted by atomic mass is 79.9. The maximum atomic E-state index is 6.11. The number of benzene rings is 1. The van der Waals surface area contributed by atoms with Gasteiger partial charge in [-0.1, -0.05) is 34.1 Å². The summed E-state index contributed by atoms with van der Waals surface area (Å²) in [5.41, 5.74) is 10.6. The fourth-order valence-electron chi connectivity index (χ4n) is 2.36. The molecule has 0 unspecified atom stereocenters. The van der Waals surface area contributed by atoms with E-state index in [1.54, 1.807) is 4.68 Å². The largest absolute Gasteiger partial charge is 0.396 e. The number of anilines is 1. The molecule has 1 aromatic carbocycles. The van der Waals surface area contributed by atoms with E-state index in [4.69, 9.17) is 5.73 Å². The third-order valence-corrected chi connectivity index (χ3v) is 4.12. The Bertz CT molecular complexity index is 787. The molecule has 0 aliphatic carbocycles. The van der Waals surface area contributed by atoms with Crippen LogP contribution in [0.4, 0.5) is 5.69 Å². The molecule has 0 fully saturated rings. The molecule has 0 spiro atoms. The molecule has 2 aromatic heterocycles. The van der Waals surface area contributed by atoms with Gasteiger partial charge in [0.2, 0.25) is 0 Å². The fourth-order valence-corrected chi connectivity index (χ4v) is 2.77. The summed E-state index contributed by atoms with van der Waals surface area (Å²) in [7, 11) is 1.89. The van der Waals surface area contributed by atoms with Crippen LogP contribution in [0.1, 0.15) is 11.3 Å². The summed E-state index contributed by atoms with van der Waals surface area (Å²) in [4.78, 5) is 0. The lowest BCUT2D eigenvalue weighted by Crippen LogP contribution is -2.01. The highest BCUT2D eigenvalue weighted by Gasteiger charge is 2.14. The van der Waals surface area contributed by atoms with Gasteiger partial charge in [-0.2, -0.15) is 10.2 Å². The Balaban J connectivity index is 1.95. The van der Waals surface area contributed by atoms with Gasteiger partial charge in [0.15, 0.2) is 0 Å². The molecule has 0 saturated carbocycles. The van der Waals surface area contributed by atoms with E-state index < -0.39 is 0 Å². The maximum Gasteiger partial charge on any atom is 0.119 e. The predicted octanol–water partition coefficient (Wildman–Crippen LogP) is 2.99. The first kappa shape index (κ1) is 13.9. The van der Waals surface area contributed by atoms with Crippen molar-refractivity contribution in [3.8, 4) is 11.3 Å². The number of hydrogen-bond donors (Lipinski definition) is 1. The molecule has 0 radical (unpaired) electrons. The summed E-state index contributed by atoms with van der Waals surface area (Å²) in [5, 5.41) is 8.95. The zero-order valence-corrected chi connectivity index (χ0v) is 13.5. The van der Waals surface area contributed by atoms with Crippen molar-refractivity contribution >= 4 is 21.6 Å². The van der Waals surface area contributed by atoms with Gasteiger partial charge in [0, 0.05) is 29.5 Å². The Morgan fingerprint density at radius 2 is 1.95 bits per heavy atom. The quantitative estimate of drug-likeness (QED) is 0.793. The molecule has 0 aliphatic rings. The van der Waals surface area contributed by atoms with E-state index in [0.717, 1.165) is 27.0 Å². The number of nitrogens with zero attached hydrogens (tertiary/aromatic N) is 4. The number of aromatic nitrogens is 4. The molecule has 21 heavy (non-hydrogen) atoms. The van der Waals surface area contributed by atoms with Crippen molar-refractivity contribution in [1.29, 1.82) is 0 Å². The number of rotatable bonds is 3. The van der Waals surface area contributed by atoms with Gasteiger partial charge in [-0.05, 0) is 18.6 Å². The second-order valence-electron chi connectivity index (χ2n) is 5.02. The van der Waals surface area contributed by atoms with Crippen molar-refractivity contribution in [1.82, 2.24) is 19.6 Å². The van der Waals surface area contributed by atoms with Crippen LogP contribution in [0.5, 0.6) is 0 Å². The van der Waals surface area contributed by atoms with Crippen molar-refractivity contribution in [2.24, 2.45) is 7.05 Å². The predicted molar refractivity (Wildman–Crippen MR) is 86.8 cm³/mol. The Morgan fingerprint density at radius 3 is 2.62 bits per heavy atom. The van der Waals surface area contributed by atoms with Crippen molar-refractivity contribution in [2.45, 2.75) is 13.5 Å². The Morgan fingerprint density at radius 1 is 1.19 bits per heavy atom. The highest BCUT2D eigenvalue weighted by Crippen LogP contribution is 2.27. The van der Waals surface area contributed by atoms with E-state index in [9.17, 15) is 0 Å². The zero-order chi connectivity index (χ0) is 15.0. The molecule has 0 bridgehead atoms. The Hall–Kier alpha value is -2.08. The van der Waals surface area contributed by atoms with E-state index in [1.165, 1.54) is 0 Å². The Kier molecular flexibility index (Phi) is 3.55. The summed E-state index contributed by atoms with van der Waals surface area (Å²) in [6, 6.07) is 8.10. The van der Waals surface area contributed by atoms with Crippen LogP contribution in [0.15, 0.2) is 41.1 Å². The van der Waals surface area contributed by atoms with Gasteiger partial charge < -0.3 is 5.73 Å². The first-order valence-electron chi connectivity index (χ1n) is 6.61. The van der Waals surface area contributed by atoms with Gasteiger partial charge in [-0.15, -0.1) is 0 Å². The molecule has 2 heterocycles. The van der Waals surface area contributed by atoms with Crippen LogP contribution in [-0.2, 0) is 13.6 Å². The SMILES string of the molecule is Cc1nn(C)cc1-c1nn(Cc2ccccc2Br)cc1N. The average Bonchev–Trinajstić information content (AvgIpc) is 2.95. The van der Waals surface area contributed by atoms with Gasteiger partial charge in [0.05, 0.1) is 17.9 Å². The minimum atomic E-state index is 0.665. The standard InChI is InChI=1S/C15H16BrN5/c1-10-12(8-20(2)18-10)15-14(17)9-21(19-15)7-11-5-3-4-6-13(11)16/h3-6,8-9H,7,17H2,1-2H3. The van der Waals surface area contributed by atoms with E-state index in [2.05, 4.69) is 32.2 Å². The fraction of sp³-hybridized carbons (Fsp3) is 0.200. The second kappa shape index (κ2) is 5.37. The van der Waals surface area contributed by atoms with Gasteiger partial charge in [0.1, 0.15) is 5.69 Å². The summed E-state index contributed by atoms with van der Waals surface area (Å²) in [6.45, 7) is 2.63. The Labute approximate surface area is 131 Å². The molecular formula is C15H16BrN5. The lowest BCUT2D eigenvalue weighted by molar-refractivity contribution is 0.687. The molecule has 5 nitrogen and oxygen atoms in total. The van der Waals surface area contributed by atoms with Crippen LogP contribution in [-0.4, -0.2) is 19.6 Å². The monoisotopic (exact) mass is 345 g/mol. The molecule has 0 saturated heterocycles. The molecular weight excluding hydrogens is 330 g/mol. The molecule has 0 aliphatic heterocycles. The molecule has 6 heteroatoms. The van der Waals surface area contributed by atoms with Gasteiger partial charge >= 0.3 is 0 Å². The van der Waals surface area contributed by atoms with Crippen LogP contribution in [0.2, 0.25) is 0 Å². The zero-order valence-electron chi connectivity index (χ0n) is 11.9. The minimum absolute atomic E-state index is 0.665. The summed E-state index contributed by atoms with van der Waals surface area (Å²) < 4.78 is 4.70. The van der Waals surface area contributed by atoms with E-state index in [0.29, 0.717) is 12.2 Å². The maximum absolute atomic E-state index is 6.11. The van der Waals surface area contributed by atoms with Crippen LogP contribution >= 0.6 is 15.9 Å². The summed E-state index contributed by atoms with van der Waals surface area (Å²) >= 11 is 3.55. The van der Waals surface area contributed by atoms with Crippen molar-refractivity contribution in [2.75, 3.05) is 5.73 Å². The third kappa shape index (κ3) is 2.71. The number of halogens is 1. The molecule has 2 N–H and O–H groups in total.